The van der Waals surface area contributed by atoms with Crippen molar-refractivity contribution in [1.29, 1.82) is 0 Å². The van der Waals surface area contributed by atoms with Gasteiger partial charge >= 0.3 is 10.8 Å². The minimum absolute atomic E-state index is 0.0690. The van der Waals surface area contributed by atoms with Gasteiger partial charge in [0.2, 0.25) is 5.95 Å². The number of carbonyl (C=O) groups is 1. The summed E-state index contributed by atoms with van der Waals surface area (Å²) in [5.74, 6) is -0.586. The molecule has 5 N–H and O–H groups in total. The average Bonchev–Trinajstić information content (AvgIpc) is 3.25. The van der Waals surface area contributed by atoms with E-state index in [0.29, 0.717) is 12.8 Å². The summed E-state index contributed by atoms with van der Waals surface area (Å²) in [7, 11) is 0. The SMILES string of the molecule is CC.CCC.NCC(=O)OCC1CCC(n2c(=O)sc3c(=O)[nH]c(N)nc32)O1. The van der Waals surface area contributed by atoms with Crippen molar-refractivity contribution >= 4 is 33.6 Å². The highest BCUT2D eigenvalue weighted by molar-refractivity contribution is 7.16. The summed E-state index contributed by atoms with van der Waals surface area (Å²) in [6.45, 7) is 8.12. The van der Waals surface area contributed by atoms with Crippen LogP contribution in [-0.2, 0) is 14.3 Å². The Bertz CT molecular complexity index is 875. The number of ether oxygens (including phenoxy) is 2. The lowest BCUT2D eigenvalue weighted by atomic mass is 10.2. The minimum atomic E-state index is -0.577. The molecule has 2 atom stereocenters. The van der Waals surface area contributed by atoms with Crippen molar-refractivity contribution in [2.75, 3.05) is 18.9 Å². The molecule has 0 aliphatic carbocycles. The highest BCUT2D eigenvalue weighted by Crippen LogP contribution is 2.30. The van der Waals surface area contributed by atoms with Gasteiger partial charge in [-0.3, -0.25) is 23.9 Å². The molecule has 3 rings (SSSR count). The Kier molecular flexibility index (Phi) is 9.83. The number of nitrogens with two attached hydrogens (primary N) is 2. The fourth-order valence-electron chi connectivity index (χ4n) is 2.44. The van der Waals surface area contributed by atoms with E-state index in [1.807, 2.05) is 13.8 Å². The van der Waals surface area contributed by atoms with Gasteiger partial charge in [0.15, 0.2) is 5.65 Å². The van der Waals surface area contributed by atoms with Crippen molar-refractivity contribution in [2.24, 2.45) is 5.73 Å². The Morgan fingerprint density at radius 2 is 2.00 bits per heavy atom. The lowest BCUT2D eigenvalue weighted by molar-refractivity contribution is -0.146. The predicted octanol–water partition coefficient (Wildman–Crippen LogP) is 1.35. The summed E-state index contributed by atoms with van der Waals surface area (Å²) in [6.07, 6.45) is 1.47. The van der Waals surface area contributed by atoms with Gasteiger partial charge in [-0.1, -0.05) is 45.5 Å². The van der Waals surface area contributed by atoms with Crippen LogP contribution in [0.4, 0.5) is 5.95 Å². The number of rotatable bonds is 4. The van der Waals surface area contributed by atoms with Crippen LogP contribution in [0.15, 0.2) is 9.59 Å². The molecule has 0 radical (unpaired) electrons. The monoisotopic (exact) mass is 415 g/mol. The Balaban J connectivity index is 0.000000717. The van der Waals surface area contributed by atoms with Gasteiger partial charge in [0.1, 0.15) is 17.5 Å². The van der Waals surface area contributed by atoms with Gasteiger partial charge in [-0.2, -0.15) is 4.98 Å². The second-order valence-corrected chi connectivity index (χ2v) is 6.69. The summed E-state index contributed by atoms with van der Waals surface area (Å²) < 4.78 is 12.2. The molecule has 10 nitrogen and oxygen atoms in total. The molecule has 0 saturated carbocycles. The van der Waals surface area contributed by atoms with E-state index >= 15 is 0 Å². The third-order valence-corrected chi connectivity index (χ3v) is 4.40. The summed E-state index contributed by atoms with van der Waals surface area (Å²) in [5.41, 5.74) is 10.4. The van der Waals surface area contributed by atoms with E-state index in [1.54, 1.807) is 0 Å². The second-order valence-electron chi connectivity index (χ2n) is 5.73. The van der Waals surface area contributed by atoms with Gasteiger partial charge < -0.3 is 20.9 Å². The molecule has 2 aromatic rings. The highest BCUT2D eigenvalue weighted by atomic mass is 32.1. The maximum Gasteiger partial charge on any atom is 0.319 e. The second kappa shape index (κ2) is 11.6. The van der Waals surface area contributed by atoms with Crippen molar-refractivity contribution in [3.8, 4) is 0 Å². The quantitative estimate of drug-likeness (QED) is 0.632. The molecule has 2 unspecified atom stereocenters. The number of hydrogen-bond donors (Lipinski definition) is 3. The van der Waals surface area contributed by atoms with E-state index < -0.39 is 17.8 Å². The zero-order valence-electron chi connectivity index (χ0n) is 16.7. The molecular weight excluding hydrogens is 386 g/mol. The van der Waals surface area contributed by atoms with E-state index in [0.717, 1.165) is 11.3 Å². The summed E-state index contributed by atoms with van der Waals surface area (Å²) >= 11 is 0.788. The molecule has 2 aromatic heterocycles. The van der Waals surface area contributed by atoms with Gasteiger partial charge in [0.05, 0.1) is 12.6 Å². The lowest BCUT2D eigenvalue weighted by Gasteiger charge is -2.14. The first-order chi connectivity index (χ1) is 13.4. The molecule has 1 aliphatic rings. The van der Waals surface area contributed by atoms with Crippen LogP contribution in [0, 0.1) is 0 Å². The summed E-state index contributed by atoms with van der Waals surface area (Å²) in [5, 5.41) is 0. The highest BCUT2D eigenvalue weighted by Gasteiger charge is 2.30. The fourth-order valence-corrected chi connectivity index (χ4v) is 3.30. The molecule has 1 fully saturated rings. The predicted molar refractivity (Wildman–Crippen MR) is 109 cm³/mol. The van der Waals surface area contributed by atoms with Gasteiger partial charge in [0, 0.05) is 0 Å². The molecule has 0 bridgehead atoms. The third kappa shape index (κ3) is 5.88. The first kappa shape index (κ1) is 23.8. The largest absolute Gasteiger partial charge is 0.462 e. The van der Waals surface area contributed by atoms with E-state index in [1.165, 1.54) is 11.0 Å². The van der Waals surface area contributed by atoms with Crippen molar-refractivity contribution in [3.05, 3.63) is 20.0 Å². The average molecular weight is 416 g/mol. The number of thiazole rings is 1. The van der Waals surface area contributed by atoms with Crippen molar-refractivity contribution in [1.82, 2.24) is 14.5 Å². The molecule has 1 aliphatic heterocycles. The number of esters is 1. The van der Waals surface area contributed by atoms with Crippen LogP contribution in [0.1, 0.15) is 53.2 Å². The lowest BCUT2D eigenvalue weighted by Crippen LogP contribution is -2.25. The first-order valence-corrected chi connectivity index (χ1v) is 10.1. The Hall–Kier alpha value is -2.24. The zero-order valence-corrected chi connectivity index (χ0v) is 17.5. The van der Waals surface area contributed by atoms with Gasteiger partial charge in [-0.05, 0) is 12.8 Å². The van der Waals surface area contributed by atoms with Gasteiger partial charge in [-0.15, -0.1) is 0 Å². The van der Waals surface area contributed by atoms with E-state index in [4.69, 9.17) is 20.9 Å². The zero-order chi connectivity index (χ0) is 21.3. The molecule has 3 heterocycles. The topological polar surface area (TPSA) is 155 Å². The van der Waals surface area contributed by atoms with Crippen LogP contribution < -0.4 is 21.9 Å². The Morgan fingerprint density at radius 3 is 2.61 bits per heavy atom. The summed E-state index contributed by atoms with van der Waals surface area (Å²) in [6, 6.07) is 0. The molecule has 0 aromatic carbocycles. The Labute approximate surface area is 166 Å². The van der Waals surface area contributed by atoms with Crippen LogP contribution in [0.3, 0.4) is 0 Å². The number of aromatic amines is 1. The fraction of sp³-hybridized carbons (Fsp3) is 0.647. The van der Waals surface area contributed by atoms with Crippen molar-refractivity contribution in [2.45, 2.75) is 59.3 Å². The number of fused-ring (bicyclic) bond motifs is 1. The number of nitrogens with one attached hydrogen (secondary N) is 1. The number of nitrogen functional groups attached to an aromatic ring is 1. The number of aromatic nitrogens is 3. The maximum absolute atomic E-state index is 12.2. The molecule has 11 heteroatoms. The van der Waals surface area contributed by atoms with Crippen LogP contribution in [0.5, 0.6) is 0 Å². The smallest absolute Gasteiger partial charge is 0.319 e. The molecule has 0 spiro atoms. The standard InChI is InChI=1S/C12H15N5O5S.C3H8.C2H6/c13-3-7(18)21-4-5-1-2-6(22-5)17-9-8(23-12(17)20)10(19)16-11(14)15-9;1-3-2;1-2/h5-6H,1-4,13H2,(H3,14,15,16,19);3H2,1-2H3;1-2H3. The van der Waals surface area contributed by atoms with Crippen LogP contribution in [0.25, 0.3) is 10.3 Å². The molecule has 28 heavy (non-hydrogen) atoms. The maximum atomic E-state index is 12.2. The Morgan fingerprint density at radius 1 is 1.36 bits per heavy atom. The molecular formula is C17H29N5O5S. The number of carbonyl (C=O) groups excluding carboxylic acids is 1. The number of anilines is 1. The van der Waals surface area contributed by atoms with Crippen molar-refractivity contribution < 1.29 is 14.3 Å². The minimum Gasteiger partial charge on any atom is -0.462 e. The number of hydrogen-bond acceptors (Lipinski definition) is 9. The van der Waals surface area contributed by atoms with Crippen LogP contribution >= 0.6 is 11.3 Å². The molecule has 1 saturated heterocycles. The number of H-pyrrole nitrogens is 1. The molecule has 158 valence electrons. The summed E-state index contributed by atoms with van der Waals surface area (Å²) in [4.78, 5) is 41.1. The van der Waals surface area contributed by atoms with Crippen LogP contribution in [0.2, 0.25) is 0 Å². The normalized spacial score (nSPS) is 18.0. The van der Waals surface area contributed by atoms with E-state index in [-0.39, 0.29) is 40.4 Å². The molecule has 0 amide bonds. The van der Waals surface area contributed by atoms with Crippen molar-refractivity contribution in [3.63, 3.8) is 0 Å². The van der Waals surface area contributed by atoms with Gasteiger partial charge in [-0.25, -0.2) is 0 Å². The third-order valence-electron chi connectivity index (χ3n) is 3.46. The first-order valence-electron chi connectivity index (χ1n) is 9.33. The number of nitrogens with zero attached hydrogens (tertiary/aromatic N) is 2. The van der Waals surface area contributed by atoms with E-state index in [9.17, 15) is 14.4 Å². The van der Waals surface area contributed by atoms with Gasteiger partial charge in [0.25, 0.3) is 5.56 Å². The van der Waals surface area contributed by atoms with E-state index in [2.05, 4.69) is 23.8 Å². The van der Waals surface area contributed by atoms with Crippen LogP contribution in [-0.4, -0.2) is 39.8 Å².